The van der Waals surface area contributed by atoms with Crippen LogP contribution in [0.25, 0.3) is 11.5 Å². The average Bonchev–Trinajstić information content (AvgIpc) is 3.48. The number of nitrogens with one attached hydrogen (secondary N) is 2. The monoisotopic (exact) mass is 478 g/mol. The van der Waals surface area contributed by atoms with Gasteiger partial charge in [-0.2, -0.15) is 0 Å². The number of furan rings is 1. The molecule has 0 spiro atoms. The van der Waals surface area contributed by atoms with Gasteiger partial charge in [0.05, 0.1) is 31.4 Å². The van der Waals surface area contributed by atoms with Gasteiger partial charge in [0.1, 0.15) is 17.2 Å². The van der Waals surface area contributed by atoms with Gasteiger partial charge in [-0.15, -0.1) is 10.2 Å². The number of anilines is 2. The molecule has 3 aromatic heterocycles. The van der Waals surface area contributed by atoms with Crippen molar-refractivity contribution in [2.45, 2.75) is 18.6 Å². The van der Waals surface area contributed by atoms with E-state index in [9.17, 15) is 9.59 Å². The first-order valence-corrected chi connectivity index (χ1v) is 11.3. The van der Waals surface area contributed by atoms with Gasteiger partial charge in [-0.05, 0) is 42.5 Å². The van der Waals surface area contributed by atoms with E-state index >= 15 is 0 Å². The van der Waals surface area contributed by atoms with Crippen molar-refractivity contribution < 1.29 is 18.7 Å². The quantitative estimate of drug-likeness (QED) is 0.349. The summed E-state index contributed by atoms with van der Waals surface area (Å²) < 4.78 is 12.7. The number of thioether (sulfide) groups is 1. The van der Waals surface area contributed by atoms with Crippen LogP contribution in [0.5, 0.6) is 5.75 Å². The number of aromatic nitrogens is 4. The van der Waals surface area contributed by atoms with Gasteiger partial charge < -0.3 is 19.8 Å². The molecule has 0 radical (unpaired) electrons. The summed E-state index contributed by atoms with van der Waals surface area (Å²) in [6.45, 7) is 1.81. The van der Waals surface area contributed by atoms with Crippen LogP contribution in [0, 0.1) is 0 Å². The second-order valence-electron chi connectivity index (χ2n) is 7.12. The van der Waals surface area contributed by atoms with Gasteiger partial charge >= 0.3 is 0 Å². The highest BCUT2D eigenvalue weighted by Gasteiger charge is 2.18. The van der Waals surface area contributed by atoms with E-state index in [-0.39, 0.29) is 17.6 Å². The highest BCUT2D eigenvalue weighted by molar-refractivity contribution is 7.99. The van der Waals surface area contributed by atoms with E-state index in [0.29, 0.717) is 40.3 Å². The fraction of sp³-hybridized carbons (Fsp3) is 0.174. The predicted molar refractivity (Wildman–Crippen MR) is 128 cm³/mol. The van der Waals surface area contributed by atoms with E-state index in [1.165, 1.54) is 25.8 Å². The molecule has 3 heterocycles. The third-order valence-electron chi connectivity index (χ3n) is 4.63. The Balaban J connectivity index is 1.51. The van der Waals surface area contributed by atoms with E-state index in [0.717, 1.165) is 5.76 Å². The third kappa shape index (κ3) is 5.62. The van der Waals surface area contributed by atoms with Crippen LogP contribution < -0.4 is 15.4 Å². The Bertz CT molecular complexity index is 1270. The van der Waals surface area contributed by atoms with Crippen LogP contribution in [0.1, 0.15) is 12.7 Å². The summed E-state index contributed by atoms with van der Waals surface area (Å²) in [6.07, 6.45) is 3.28. The van der Waals surface area contributed by atoms with Gasteiger partial charge in [0.15, 0.2) is 11.0 Å². The molecule has 0 saturated heterocycles. The minimum absolute atomic E-state index is 0.0754. The molecule has 0 saturated carbocycles. The van der Waals surface area contributed by atoms with Crippen molar-refractivity contribution in [3.8, 4) is 17.3 Å². The molecular weight excluding hydrogens is 456 g/mol. The molecule has 11 heteroatoms. The van der Waals surface area contributed by atoms with Crippen molar-refractivity contribution in [1.82, 2.24) is 19.7 Å². The Morgan fingerprint density at radius 3 is 2.71 bits per heavy atom. The van der Waals surface area contributed by atoms with Crippen molar-refractivity contribution in [3.05, 3.63) is 66.8 Å². The van der Waals surface area contributed by atoms with Gasteiger partial charge in [-0.3, -0.25) is 19.1 Å². The largest absolute Gasteiger partial charge is 0.495 e. The van der Waals surface area contributed by atoms with Crippen LogP contribution in [0.2, 0.25) is 0 Å². The molecule has 1 aromatic carbocycles. The number of carbonyl (C=O) groups is 2. The molecule has 0 unspecified atom stereocenters. The molecule has 2 N–H and O–H groups in total. The highest BCUT2D eigenvalue weighted by Crippen LogP contribution is 2.29. The molecule has 4 rings (SSSR count). The zero-order chi connectivity index (χ0) is 23.9. The molecule has 0 bridgehead atoms. The van der Waals surface area contributed by atoms with Crippen molar-refractivity contribution >= 4 is 35.0 Å². The summed E-state index contributed by atoms with van der Waals surface area (Å²) in [7, 11) is 1.51. The number of hydrogen-bond donors (Lipinski definition) is 2. The number of ether oxygens (including phenoxy) is 1. The van der Waals surface area contributed by atoms with Crippen LogP contribution in [0.15, 0.2) is 70.6 Å². The van der Waals surface area contributed by atoms with Crippen LogP contribution in [0.4, 0.5) is 11.4 Å². The van der Waals surface area contributed by atoms with Crippen LogP contribution in [-0.2, 0) is 16.1 Å². The van der Waals surface area contributed by atoms with Crippen molar-refractivity contribution in [1.29, 1.82) is 0 Å². The molecular formula is C23H22N6O4S. The molecule has 0 fully saturated rings. The molecule has 0 aliphatic heterocycles. The molecule has 0 aliphatic carbocycles. The van der Waals surface area contributed by atoms with Gasteiger partial charge in [-0.1, -0.05) is 17.8 Å². The molecule has 0 atom stereocenters. The number of hydrogen-bond acceptors (Lipinski definition) is 8. The number of benzene rings is 1. The zero-order valence-electron chi connectivity index (χ0n) is 18.5. The van der Waals surface area contributed by atoms with Crippen molar-refractivity contribution in [3.63, 3.8) is 0 Å². The number of amides is 2. The minimum atomic E-state index is -0.268. The molecule has 0 aliphatic rings. The van der Waals surface area contributed by atoms with E-state index in [1.807, 2.05) is 34.9 Å². The summed E-state index contributed by atoms with van der Waals surface area (Å²) in [4.78, 5) is 28.4. The van der Waals surface area contributed by atoms with Gasteiger partial charge in [-0.25, -0.2) is 0 Å². The van der Waals surface area contributed by atoms with E-state index in [4.69, 9.17) is 9.15 Å². The fourth-order valence-electron chi connectivity index (χ4n) is 3.18. The lowest BCUT2D eigenvalue weighted by molar-refractivity contribution is -0.114. The lowest BCUT2D eigenvalue weighted by atomic mass is 10.2. The fourth-order valence-corrected chi connectivity index (χ4v) is 3.92. The summed E-state index contributed by atoms with van der Waals surface area (Å²) in [5, 5.41) is 14.6. The molecule has 2 amide bonds. The molecule has 10 nitrogen and oxygen atoms in total. The lowest BCUT2D eigenvalue weighted by Crippen LogP contribution is -2.16. The van der Waals surface area contributed by atoms with E-state index in [2.05, 4.69) is 25.8 Å². The van der Waals surface area contributed by atoms with Crippen molar-refractivity contribution in [2.24, 2.45) is 0 Å². The Kier molecular flexibility index (Phi) is 7.23. The second-order valence-corrected chi connectivity index (χ2v) is 8.06. The van der Waals surface area contributed by atoms with E-state index < -0.39 is 0 Å². The number of nitrogens with zero attached hydrogens (tertiary/aromatic N) is 4. The smallest absolute Gasteiger partial charge is 0.234 e. The molecule has 4 aromatic rings. The normalized spacial score (nSPS) is 10.6. The Labute approximate surface area is 199 Å². The van der Waals surface area contributed by atoms with Gasteiger partial charge in [0.2, 0.25) is 11.8 Å². The van der Waals surface area contributed by atoms with Crippen molar-refractivity contribution in [2.75, 3.05) is 23.5 Å². The summed E-state index contributed by atoms with van der Waals surface area (Å²) in [5.74, 6) is 1.37. The number of carbonyl (C=O) groups excluding carboxylic acids is 2. The van der Waals surface area contributed by atoms with Crippen LogP contribution >= 0.6 is 11.8 Å². The Morgan fingerprint density at radius 2 is 2.00 bits per heavy atom. The predicted octanol–water partition coefficient (Wildman–Crippen LogP) is 3.68. The average molecular weight is 479 g/mol. The maximum atomic E-state index is 12.7. The first kappa shape index (κ1) is 23.1. The topological polar surface area (TPSA) is 124 Å². The number of rotatable bonds is 9. The Hall–Kier alpha value is -4.12. The SMILES string of the molecule is COc1ccc(NC(C)=O)cc1NC(=O)CSc1nnc(-c2ccccn2)n1Cc1ccco1. The molecule has 174 valence electrons. The van der Waals surface area contributed by atoms with Gasteiger partial charge in [0.25, 0.3) is 0 Å². The standard InChI is InChI=1S/C23H22N6O4S/c1-15(30)25-16-8-9-20(32-2)19(12-16)26-21(31)14-34-23-28-27-22(18-7-3-4-10-24-18)29(23)13-17-6-5-11-33-17/h3-12H,13-14H2,1-2H3,(H,25,30)(H,26,31). The van der Waals surface area contributed by atoms with Gasteiger partial charge in [0, 0.05) is 18.8 Å². The second kappa shape index (κ2) is 10.7. The molecule has 34 heavy (non-hydrogen) atoms. The number of pyridine rings is 1. The van der Waals surface area contributed by atoms with Crippen LogP contribution in [0.3, 0.4) is 0 Å². The summed E-state index contributed by atoms with van der Waals surface area (Å²) >= 11 is 1.24. The summed E-state index contributed by atoms with van der Waals surface area (Å²) in [5.41, 5.74) is 1.66. The highest BCUT2D eigenvalue weighted by atomic mass is 32.2. The van der Waals surface area contributed by atoms with Crippen LogP contribution in [-0.4, -0.2) is 44.4 Å². The number of methoxy groups -OCH3 is 1. The third-order valence-corrected chi connectivity index (χ3v) is 5.60. The zero-order valence-corrected chi connectivity index (χ0v) is 19.3. The minimum Gasteiger partial charge on any atom is -0.495 e. The maximum Gasteiger partial charge on any atom is 0.234 e. The summed E-state index contributed by atoms with van der Waals surface area (Å²) in [6, 6.07) is 14.2. The first-order chi connectivity index (χ1) is 16.5. The maximum absolute atomic E-state index is 12.7. The van der Waals surface area contributed by atoms with E-state index in [1.54, 1.807) is 30.7 Å². The lowest BCUT2D eigenvalue weighted by Gasteiger charge is -2.12. The first-order valence-electron chi connectivity index (χ1n) is 10.3. The Morgan fingerprint density at radius 1 is 1.12 bits per heavy atom.